The van der Waals surface area contributed by atoms with Gasteiger partial charge in [0.2, 0.25) is 0 Å². The van der Waals surface area contributed by atoms with Crippen molar-refractivity contribution >= 4 is 16.8 Å². The maximum Gasteiger partial charge on any atom is 0.433 e. The van der Waals surface area contributed by atoms with Gasteiger partial charge in [0.25, 0.3) is 11.5 Å². The highest BCUT2D eigenvalue weighted by Crippen LogP contribution is 2.35. The zero-order valence-electron chi connectivity index (χ0n) is 17.1. The molecule has 1 atom stereocenters. The summed E-state index contributed by atoms with van der Waals surface area (Å²) >= 11 is 0. The largest absolute Gasteiger partial charge is 0.433 e. The Morgan fingerprint density at radius 1 is 1.19 bits per heavy atom. The van der Waals surface area contributed by atoms with Gasteiger partial charge in [-0.3, -0.25) is 19.3 Å². The van der Waals surface area contributed by atoms with E-state index in [2.05, 4.69) is 15.4 Å². The molecule has 4 rings (SSSR count). The zero-order valence-corrected chi connectivity index (χ0v) is 17.1. The quantitative estimate of drug-likeness (QED) is 0.504. The van der Waals surface area contributed by atoms with Crippen molar-refractivity contribution in [3.05, 3.63) is 82.2 Å². The molecule has 0 aliphatic rings. The minimum absolute atomic E-state index is 0.121. The van der Waals surface area contributed by atoms with E-state index in [1.54, 1.807) is 31.2 Å². The molecule has 0 bridgehead atoms. The number of halogens is 3. The van der Waals surface area contributed by atoms with Crippen molar-refractivity contribution in [2.24, 2.45) is 0 Å². The van der Waals surface area contributed by atoms with Crippen molar-refractivity contribution in [2.45, 2.75) is 19.1 Å². The van der Waals surface area contributed by atoms with E-state index in [9.17, 15) is 22.8 Å². The van der Waals surface area contributed by atoms with E-state index in [0.29, 0.717) is 5.56 Å². The number of alkyl halides is 3. The van der Waals surface area contributed by atoms with Gasteiger partial charge >= 0.3 is 6.18 Å². The van der Waals surface area contributed by atoms with Crippen LogP contribution >= 0.6 is 0 Å². The fraction of sp³-hybridized carbons (Fsp3) is 0.182. The Labute approximate surface area is 179 Å². The smallest absolute Gasteiger partial charge is 0.355 e. The van der Waals surface area contributed by atoms with Gasteiger partial charge in [0.05, 0.1) is 29.5 Å². The molecule has 10 heteroatoms. The second kappa shape index (κ2) is 7.95. The summed E-state index contributed by atoms with van der Waals surface area (Å²) in [5.74, 6) is -0.243. The van der Waals surface area contributed by atoms with E-state index < -0.39 is 17.9 Å². The fourth-order valence-corrected chi connectivity index (χ4v) is 3.54. The molecule has 164 valence electrons. The molecule has 0 saturated carbocycles. The first-order chi connectivity index (χ1) is 15.2. The summed E-state index contributed by atoms with van der Waals surface area (Å²) in [6.45, 7) is 1.80. The number of fused-ring (bicyclic) bond motifs is 1. The number of carbonyl (C=O) groups is 1. The molecular formula is C22H18F3N5O2. The Balaban J connectivity index is 1.75. The number of benzene rings is 2. The average Bonchev–Trinajstić information content (AvgIpc) is 3.29. The lowest BCUT2D eigenvalue weighted by Crippen LogP contribution is -2.25. The molecule has 0 saturated heterocycles. The predicted octanol–water partition coefficient (Wildman–Crippen LogP) is 3.77. The topological polar surface area (TPSA) is 92.7 Å². The van der Waals surface area contributed by atoms with Crippen molar-refractivity contribution < 1.29 is 18.0 Å². The summed E-state index contributed by atoms with van der Waals surface area (Å²) in [6, 6.07) is 10.8. The maximum absolute atomic E-state index is 13.2. The maximum atomic E-state index is 13.2. The number of rotatable bonds is 4. The first kappa shape index (κ1) is 21.3. The SMILES string of the molecule is CNC(=O)c1cccc([C@H](C)n2cnc3cc(-c4cn[nH]c4C(F)(F)F)ccc3c2=O)c1. The van der Waals surface area contributed by atoms with Crippen LogP contribution in [0.4, 0.5) is 13.2 Å². The number of aromatic nitrogens is 4. The van der Waals surface area contributed by atoms with E-state index >= 15 is 0 Å². The monoisotopic (exact) mass is 441 g/mol. The Bertz CT molecular complexity index is 1370. The molecule has 0 spiro atoms. The summed E-state index contributed by atoms with van der Waals surface area (Å²) in [4.78, 5) is 29.3. The molecule has 0 aliphatic heterocycles. The number of hydrogen-bond donors (Lipinski definition) is 2. The van der Waals surface area contributed by atoms with E-state index in [1.165, 1.54) is 36.1 Å². The van der Waals surface area contributed by atoms with Crippen LogP contribution in [0.1, 0.15) is 34.6 Å². The molecule has 0 radical (unpaired) electrons. The van der Waals surface area contributed by atoms with Gasteiger partial charge in [-0.1, -0.05) is 18.2 Å². The molecule has 0 aliphatic carbocycles. The molecule has 0 fully saturated rings. The van der Waals surface area contributed by atoms with Gasteiger partial charge in [0, 0.05) is 18.2 Å². The van der Waals surface area contributed by atoms with Crippen molar-refractivity contribution in [1.82, 2.24) is 25.1 Å². The third-order valence-electron chi connectivity index (χ3n) is 5.29. The first-order valence-corrected chi connectivity index (χ1v) is 9.64. The minimum atomic E-state index is -4.59. The molecule has 2 aromatic carbocycles. The molecule has 32 heavy (non-hydrogen) atoms. The Morgan fingerprint density at radius 2 is 1.97 bits per heavy atom. The highest BCUT2D eigenvalue weighted by Gasteiger charge is 2.36. The van der Waals surface area contributed by atoms with Crippen LogP contribution in [0.2, 0.25) is 0 Å². The summed E-state index contributed by atoms with van der Waals surface area (Å²) in [6.07, 6.45) is -2.14. The standard InChI is InChI=1S/C22H18F3N5O2/c1-12(13-4-3-5-15(8-13)20(31)26-2)30-11-27-18-9-14(6-7-16(18)21(30)32)17-10-28-29-19(17)22(23,24)25/h3-12H,1-2H3,(H,26,31)(H,28,29)/t12-/m0/s1. The van der Waals surface area contributed by atoms with E-state index in [4.69, 9.17) is 0 Å². The van der Waals surface area contributed by atoms with Crippen LogP contribution in [0.5, 0.6) is 0 Å². The first-order valence-electron chi connectivity index (χ1n) is 9.64. The third-order valence-corrected chi connectivity index (χ3v) is 5.29. The lowest BCUT2D eigenvalue weighted by Gasteiger charge is -2.17. The van der Waals surface area contributed by atoms with Crippen molar-refractivity contribution in [1.29, 1.82) is 0 Å². The van der Waals surface area contributed by atoms with Crippen LogP contribution in [0, 0.1) is 0 Å². The number of aromatic amines is 1. The number of hydrogen-bond acceptors (Lipinski definition) is 4. The van der Waals surface area contributed by atoms with Gasteiger partial charge in [-0.25, -0.2) is 4.98 Å². The van der Waals surface area contributed by atoms with Crippen LogP contribution < -0.4 is 10.9 Å². The van der Waals surface area contributed by atoms with E-state index in [-0.39, 0.29) is 33.5 Å². The van der Waals surface area contributed by atoms with Crippen molar-refractivity contribution in [3.8, 4) is 11.1 Å². The Hall–Kier alpha value is -3.95. The number of H-pyrrole nitrogens is 1. The number of amides is 1. The van der Waals surface area contributed by atoms with Gasteiger partial charge in [-0.15, -0.1) is 0 Å². The van der Waals surface area contributed by atoms with Gasteiger partial charge < -0.3 is 5.32 Å². The summed E-state index contributed by atoms with van der Waals surface area (Å²) in [5.41, 5.74) is 0.282. The fourth-order valence-electron chi connectivity index (χ4n) is 3.54. The van der Waals surface area contributed by atoms with Crippen LogP contribution in [-0.4, -0.2) is 32.7 Å². The Kier molecular flexibility index (Phi) is 5.29. The molecule has 2 heterocycles. The van der Waals surface area contributed by atoms with Crippen molar-refractivity contribution in [3.63, 3.8) is 0 Å². The zero-order chi connectivity index (χ0) is 23.0. The third kappa shape index (κ3) is 3.75. The highest BCUT2D eigenvalue weighted by atomic mass is 19.4. The second-order valence-electron chi connectivity index (χ2n) is 7.23. The normalized spacial score (nSPS) is 12.7. The van der Waals surface area contributed by atoms with Crippen LogP contribution in [-0.2, 0) is 6.18 Å². The number of nitrogens with one attached hydrogen (secondary N) is 2. The molecule has 2 aromatic heterocycles. The lowest BCUT2D eigenvalue weighted by atomic mass is 10.0. The lowest BCUT2D eigenvalue weighted by molar-refractivity contribution is -0.140. The van der Waals surface area contributed by atoms with E-state index in [0.717, 1.165) is 11.8 Å². The van der Waals surface area contributed by atoms with Crippen LogP contribution in [0.15, 0.2) is 59.8 Å². The second-order valence-corrected chi connectivity index (χ2v) is 7.23. The van der Waals surface area contributed by atoms with Crippen LogP contribution in [0.3, 0.4) is 0 Å². The highest BCUT2D eigenvalue weighted by molar-refractivity contribution is 5.94. The molecule has 0 unspecified atom stereocenters. The molecule has 2 N–H and O–H groups in total. The van der Waals surface area contributed by atoms with Gasteiger partial charge in [-0.05, 0) is 42.3 Å². The summed E-state index contributed by atoms with van der Waals surface area (Å²) < 4.78 is 41.0. The molecule has 4 aromatic rings. The number of nitrogens with zero attached hydrogens (tertiary/aromatic N) is 3. The molecular weight excluding hydrogens is 423 g/mol. The predicted molar refractivity (Wildman–Crippen MR) is 112 cm³/mol. The van der Waals surface area contributed by atoms with Crippen LogP contribution in [0.25, 0.3) is 22.0 Å². The average molecular weight is 441 g/mol. The van der Waals surface area contributed by atoms with Crippen molar-refractivity contribution in [2.75, 3.05) is 7.05 Å². The summed E-state index contributed by atoms with van der Waals surface area (Å²) in [5, 5.41) is 8.29. The minimum Gasteiger partial charge on any atom is -0.355 e. The molecule has 1 amide bonds. The molecule has 7 nitrogen and oxygen atoms in total. The van der Waals surface area contributed by atoms with Gasteiger partial charge in [-0.2, -0.15) is 18.3 Å². The number of carbonyl (C=O) groups excluding carboxylic acids is 1. The van der Waals surface area contributed by atoms with Gasteiger partial charge in [0.1, 0.15) is 5.69 Å². The van der Waals surface area contributed by atoms with Gasteiger partial charge in [0.15, 0.2) is 0 Å². The summed E-state index contributed by atoms with van der Waals surface area (Å²) in [7, 11) is 1.53. The van der Waals surface area contributed by atoms with E-state index in [1.807, 2.05) is 5.10 Å². The Morgan fingerprint density at radius 3 is 2.69 bits per heavy atom.